The number of rotatable bonds is 12. The van der Waals surface area contributed by atoms with E-state index in [0.29, 0.717) is 24.0 Å². The fourth-order valence-corrected chi connectivity index (χ4v) is 7.29. The van der Waals surface area contributed by atoms with Crippen LogP contribution in [-0.2, 0) is 21.2 Å². The molecule has 41 heavy (non-hydrogen) atoms. The highest BCUT2D eigenvalue weighted by atomic mass is 32.2. The Bertz CT molecular complexity index is 1340. The molecule has 0 bridgehead atoms. The molecule has 0 spiro atoms. The molecule has 2 aromatic rings. The maximum atomic E-state index is 13.1. The number of aliphatic carboxylic acids is 1. The van der Waals surface area contributed by atoms with Gasteiger partial charge in [-0.3, -0.25) is 9.59 Å². The van der Waals surface area contributed by atoms with Gasteiger partial charge in [-0.05, 0) is 90.7 Å². The van der Waals surface area contributed by atoms with E-state index in [1.54, 1.807) is 6.07 Å². The van der Waals surface area contributed by atoms with E-state index in [1.807, 2.05) is 57.2 Å². The topological polar surface area (TPSA) is 113 Å². The number of benzene rings is 2. The molecule has 2 N–H and O–H groups in total. The van der Waals surface area contributed by atoms with Gasteiger partial charge < -0.3 is 14.7 Å². The first-order valence-corrected chi connectivity index (χ1v) is 16.4. The summed E-state index contributed by atoms with van der Waals surface area (Å²) in [6.45, 7) is 9.57. The minimum Gasteiger partial charge on any atom is -0.493 e. The van der Waals surface area contributed by atoms with Crippen LogP contribution in [0.1, 0.15) is 87.2 Å². The molecule has 2 aliphatic rings. The van der Waals surface area contributed by atoms with Gasteiger partial charge in [0.2, 0.25) is 10.0 Å². The molecule has 1 unspecified atom stereocenters. The molecule has 4 rings (SSSR count). The smallest absolute Gasteiger partial charge is 0.303 e. The molecule has 1 atom stereocenters. The van der Waals surface area contributed by atoms with Crippen molar-refractivity contribution in [2.45, 2.75) is 72.1 Å². The van der Waals surface area contributed by atoms with Gasteiger partial charge in [0.1, 0.15) is 5.75 Å². The van der Waals surface area contributed by atoms with Crippen LogP contribution < -0.4 is 14.4 Å². The van der Waals surface area contributed by atoms with Crippen LogP contribution in [0.4, 0.5) is 5.69 Å². The number of carbonyl (C=O) groups excluding carboxylic acids is 1. The van der Waals surface area contributed by atoms with Crippen molar-refractivity contribution in [1.82, 2.24) is 4.72 Å². The van der Waals surface area contributed by atoms with Gasteiger partial charge in [-0.25, -0.2) is 13.1 Å². The highest BCUT2D eigenvalue weighted by Gasteiger charge is 2.34. The van der Waals surface area contributed by atoms with Crippen LogP contribution in [0.15, 0.2) is 42.5 Å². The molecule has 1 saturated carbocycles. The molecule has 9 heteroatoms. The second-order valence-electron chi connectivity index (χ2n) is 12.8. The SMILES string of the molecule is CCc1ccc(C(=O)NS(=O)(=O)CC(C)(C)C)c(N2CCC(COc3cccc(C(CC(=O)O)C4CC4)c3)CC2)c1. The van der Waals surface area contributed by atoms with Crippen molar-refractivity contribution < 1.29 is 27.9 Å². The summed E-state index contributed by atoms with van der Waals surface area (Å²) in [5.41, 5.74) is 2.80. The molecular weight excluding hydrogens is 540 g/mol. The number of sulfonamides is 1. The Hall–Kier alpha value is -3.07. The second-order valence-corrected chi connectivity index (χ2v) is 14.5. The van der Waals surface area contributed by atoms with Gasteiger partial charge in [0.15, 0.2) is 0 Å². The van der Waals surface area contributed by atoms with Gasteiger partial charge in [-0.2, -0.15) is 0 Å². The summed E-state index contributed by atoms with van der Waals surface area (Å²) in [5, 5.41) is 9.35. The third-order valence-electron chi connectivity index (χ3n) is 7.90. The van der Waals surface area contributed by atoms with E-state index in [4.69, 9.17) is 4.74 Å². The van der Waals surface area contributed by atoms with Crippen molar-refractivity contribution in [3.8, 4) is 5.75 Å². The summed E-state index contributed by atoms with van der Waals surface area (Å²) in [6.07, 6.45) is 4.88. The number of carbonyl (C=O) groups is 2. The summed E-state index contributed by atoms with van der Waals surface area (Å²) in [5.74, 6) is 0.0965. The number of anilines is 1. The van der Waals surface area contributed by atoms with E-state index >= 15 is 0 Å². The van der Waals surface area contributed by atoms with Gasteiger partial charge in [0, 0.05) is 18.8 Å². The first kappa shape index (κ1) is 30.9. The number of hydrogen-bond donors (Lipinski definition) is 2. The summed E-state index contributed by atoms with van der Waals surface area (Å²) in [6, 6.07) is 13.5. The lowest BCUT2D eigenvalue weighted by Gasteiger charge is -2.34. The Morgan fingerprint density at radius 2 is 1.78 bits per heavy atom. The normalized spacial score (nSPS) is 17.2. The standard InChI is InChI=1S/C32H44N2O6S/c1-5-22-9-12-27(31(37)33-41(38,39)21-32(2,3)4)29(17-22)34-15-13-23(14-16-34)20-40-26-8-6-7-25(18-26)28(19-30(35)36)24-10-11-24/h6-9,12,17-18,23-24,28H,5,10-11,13-16,19-21H2,1-4H3,(H,33,37)(H,35,36). The molecule has 1 aliphatic heterocycles. The largest absolute Gasteiger partial charge is 0.493 e. The third kappa shape index (κ3) is 8.96. The van der Waals surface area contributed by atoms with E-state index in [-0.39, 0.29) is 18.1 Å². The number of nitrogens with zero attached hydrogens (tertiary/aromatic N) is 1. The van der Waals surface area contributed by atoms with E-state index in [0.717, 1.165) is 67.8 Å². The van der Waals surface area contributed by atoms with Crippen LogP contribution in [0.3, 0.4) is 0 Å². The summed E-state index contributed by atoms with van der Waals surface area (Å²) in [7, 11) is -3.77. The molecule has 0 aromatic heterocycles. The fraction of sp³-hybridized carbons (Fsp3) is 0.562. The Kier molecular flexibility index (Phi) is 9.67. The molecular formula is C32H44N2O6S. The van der Waals surface area contributed by atoms with Crippen molar-refractivity contribution in [2.24, 2.45) is 17.3 Å². The summed E-state index contributed by atoms with van der Waals surface area (Å²) >= 11 is 0. The third-order valence-corrected chi connectivity index (χ3v) is 9.64. The van der Waals surface area contributed by atoms with Crippen LogP contribution in [-0.4, -0.2) is 50.9 Å². The Labute approximate surface area is 244 Å². The number of carboxylic acid groups (broad SMARTS) is 1. The average molecular weight is 585 g/mol. The van der Waals surface area contributed by atoms with Crippen molar-refractivity contribution in [3.63, 3.8) is 0 Å². The lowest BCUT2D eigenvalue weighted by atomic mass is 9.91. The number of ether oxygens (including phenoxy) is 1. The van der Waals surface area contributed by atoms with Gasteiger partial charge in [-0.15, -0.1) is 0 Å². The Morgan fingerprint density at radius 3 is 2.39 bits per heavy atom. The van der Waals surface area contributed by atoms with Gasteiger partial charge in [0.05, 0.1) is 24.3 Å². The first-order chi connectivity index (χ1) is 19.3. The van der Waals surface area contributed by atoms with Crippen LogP contribution in [0.5, 0.6) is 5.75 Å². The van der Waals surface area contributed by atoms with Crippen LogP contribution in [0, 0.1) is 17.3 Å². The summed E-state index contributed by atoms with van der Waals surface area (Å²) in [4.78, 5) is 26.7. The molecule has 1 saturated heterocycles. The van der Waals surface area contributed by atoms with E-state index in [9.17, 15) is 23.1 Å². The number of carboxylic acids is 1. The average Bonchev–Trinajstić information content (AvgIpc) is 3.74. The molecule has 2 fully saturated rings. The molecule has 1 heterocycles. The lowest BCUT2D eigenvalue weighted by molar-refractivity contribution is -0.137. The zero-order chi connectivity index (χ0) is 29.8. The number of hydrogen-bond acceptors (Lipinski definition) is 6. The van der Waals surface area contributed by atoms with Gasteiger partial charge in [-0.1, -0.05) is 45.9 Å². The van der Waals surface area contributed by atoms with Gasteiger partial charge >= 0.3 is 5.97 Å². The minimum atomic E-state index is -3.77. The number of aryl methyl sites for hydroxylation is 1. The molecule has 224 valence electrons. The van der Waals surface area contributed by atoms with Gasteiger partial charge in [0.25, 0.3) is 5.91 Å². The predicted molar refractivity (Wildman–Crippen MR) is 161 cm³/mol. The molecule has 8 nitrogen and oxygen atoms in total. The predicted octanol–water partition coefficient (Wildman–Crippen LogP) is 5.62. The second kappa shape index (κ2) is 12.8. The summed E-state index contributed by atoms with van der Waals surface area (Å²) < 4.78 is 33.7. The van der Waals surface area contributed by atoms with Crippen LogP contribution in [0.25, 0.3) is 0 Å². The van der Waals surface area contributed by atoms with Crippen molar-refractivity contribution in [1.29, 1.82) is 0 Å². The van der Waals surface area contributed by atoms with E-state index < -0.39 is 27.3 Å². The molecule has 0 radical (unpaired) electrons. The quantitative estimate of drug-likeness (QED) is 0.333. The highest BCUT2D eigenvalue weighted by molar-refractivity contribution is 7.90. The van der Waals surface area contributed by atoms with Crippen molar-refractivity contribution >= 4 is 27.6 Å². The Balaban J connectivity index is 1.38. The monoisotopic (exact) mass is 584 g/mol. The zero-order valence-electron chi connectivity index (χ0n) is 24.7. The van der Waals surface area contributed by atoms with Crippen LogP contribution >= 0.6 is 0 Å². The number of nitrogens with one attached hydrogen (secondary N) is 1. The first-order valence-electron chi connectivity index (χ1n) is 14.7. The highest BCUT2D eigenvalue weighted by Crippen LogP contribution is 2.45. The van der Waals surface area contributed by atoms with Crippen molar-refractivity contribution in [2.75, 3.05) is 30.3 Å². The maximum Gasteiger partial charge on any atom is 0.303 e. The van der Waals surface area contributed by atoms with Crippen LogP contribution in [0.2, 0.25) is 0 Å². The Morgan fingerprint density at radius 1 is 1.07 bits per heavy atom. The molecule has 1 aliphatic carbocycles. The zero-order valence-corrected chi connectivity index (χ0v) is 25.5. The molecule has 1 amide bonds. The number of piperidine rings is 1. The molecule has 2 aromatic carbocycles. The lowest BCUT2D eigenvalue weighted by Crippen LogP contribution is -2.39. The number of amides is 1. The van der Waals surface area contributed by atoms with E-state index in [1.165, 1.54) is 0 Å². The minimum absolute atomic E-state index is 0.0352. The van der Waals surface area contributed by atoms with Crippen molar-refractivity contribution in [3.05, 3.63) is 59.2 Å². The van der Waals surface area contributed by atoms with E-state index in [2.05, 4.69) is 16.5 Å². The fourth-order valence-electron chi connectivity index (χ4n) is 5.69. The maximum absolute atomic E-state index is 13.1.